The fraction of sp³-hybridized carbons (Fsp3) is 0.0769. The summed E-state index contributed by atoms with van der Waals surface area (Å²) in [6.45, 7) is 1.68. The van der Waals surface area contributed by atoms with Gasteiger partial charge in [-0.15, -0.1) is 0 Å². The van der Waals surface area contributed by atoms with E-state index < -0.39 is 11.8 Å². The number of aromatic nitrogens is 3. The molecule has 3 N–H and O–H groups in total. The van der Waals surface area contributed by atoms with Crippen LogP contribution in [-0.2, 0) is 9.59 Å². The maximum atomic E-state index is 11.8. The van der Waals surface area contributed by atoms with Crippen LogP contribution < -0.4 is 10.6 Å². The first kappa shape index (κ1) is 12.9. The van der Waals surface area contributed by atoms with Crippen molar-refractivity contribution in [2.45, 2.75) is 6.92 Å². The van der Waals surface area contributed by atoms with Crippen molar-refractivity contribution < 1.29 is 14.1 Å². The van der Waals surface area contributed by atoms with Crippen LogP contribution in [0.15, 0.2) is 35.1 Å². The molecule has 8 heteroatoms. The van der Waals surface area contributed by atoms with Gasteiger partial charge in [0.15, 0.2) is 5.82 Å². The molecule has 0 saturated heterocycles. The van der Waals surface area contributed by atoms with E-state index in [-0.39, 0.29) is 5.82 Å². The highest BCUT2D eigenvalue weighted by Crippen LogP contribution is 2.15. The van der Waals surface area contributed by atoms with E-state index in [1.165, 1.54) is 6.07 Å². The Hall–Kier alpha value is -3.16. The summed E-state index contributed by atoms with van der Waals surface area (Å²) in [6.07, 6.45) is 1.55. The average molecular weight is 285 g/mol. The van der Waals surface area contributed by atoms with Gasteiger partial charge in [-0.05, 0) is 25.1 Å². The predicted molar refractivity (Wildman–Crippen MR) is 74.6 cm³/mol. The lowest BCUT2D eigenvalue weighted by atomic mass is 10.2. The minimum Gasteiger partial charge on any atom is -0.360 e. The highest BCUT2D eigenvalue weighted by Gasteiger charge is 2.16. The minimum absolute atomic E-state index is 0.191. The molecule has 2 amide bonds. The second-order valence-electron chi connectivity index (χ2n) is 4.37. The first-order valence-electron chi connectivity index (χ1n) is 6.10. The number of carbonyl (C=O) groups excluding carboxylic acids is 2. The summed E-state index contributed by atoms with van der Waals surface area (Å²) in [6, 6.07) is 6.60. The Kier molecular flexibility index (Phi) is 3.11. The van der Waals surface area contributed by atoms with Crippen LogP contribution in [0.2, 0.25) is 0 Å². The molecule has 0 radical (unpaired) electrons. The van der Waals surface area contributed by atoms with E-state index in [9.17, 15) is 9.59 Å². The molecule has 3 aromatic rings. The van der Waals surface area contributed by atoms with Crippen molar-refractivity contribution in [3.63, 3.8) is 0 Å². The Bertz CT molecular complexity index is 820. The minimum atomic E-state index is -0.826. The lowest BCUT2D eigenvalue weighted by molar-refractivity contribution is -0.133. The van der Waals surface area contributed by atoms with Crippen LogP contribution in [0.4, 0.5) is 11.5 Å². The molecule has 3 rings (SSSR count). The van der Waals surface area contributed by atoms with Crippen LogP contribution in [0, 0.1) is 6.92 Å². The van der Waals surface area contributed by atoms with Gasteiger partial charge in [0.2, 0.25) is 0 Å². The number of carbonyl (C=O) groups is 2. The van der Waals surface area contributed by atoms with Crippen LogP contribution in [0.25, 0.3) is 11.0 Å². The zero-order valence-electron chi connectivity index (χ0n) is 11.0. The summed E-state index contributed by atoms with van der Waals surface area (Å²) in [5.74, 6) is -0.894. The quantitative estimate of drug-likeness (QED) is 0.616. The zero-order chi connectivity index (χ0) is 14.8. The Labute approximate surface area is 118 Å². The number of nitrogens with zero attached hydrogens (tertiary/aromatic N) is 2. The predicted octanol–water partition coefficient (Wildman–Crippen LogP) is 1.44. The van der Waals surface area contributed by atoms with Gasteiger partial charge in [0, 0.05) is 11.8 Å². The number of hydrogen-bond donors (Lipinski definition) is 3. The summed E-state index contributed by atoms with van der Waals surface area (Å²) in [7, 11) is 0. The van der Waals surface area contributed by atoms with Gasteiger partial charge in [-0.3, -0.25) is 14.9 Å². The van der Waals surface area contributed by atoms with Crippen LogP contribution in [-0.4, -0.2) is 26.9 Å². The molecular weight excluding hydrogens is 274 g/mol. The van der Waals surface area contributed by atoms with Crippen molar-refractivity contribution in [2.75, 3.05) is 10.6 Å². The molecule has 0 aliphatic heterocycles. The summed E-state index contributed by atoms with van der Waals surface area (Å²) >= 11 is 0. The Morgan fingerprint density at radius 2 is 2.00 bits per heavy atom. The zero-order valence-corrected chi connectivity index (χ0v) is 11.0. The van der Waals surface area contributed by atoms with Gasteiger partial charge in [0.05, 0.1) is 17.4 Å². The number of hydrogen-bond acceptors (Lipinski definition) is 5. The summed E-state index contributed by atoms with van der Waals surface area (Å²) in [5, 5.41) is 8.41. The third-order valence-electron chi connectivity index (χ3n) is 2.75. The largest absolute Gasteiger partial charge is 0.360 e. The summed E-state index contributed by atoms with van der Waals surface area (Å²) < 4.78 is 4.80. The second-order valence-corrected chi connectivity index (χ2v) is 4.37. The summed E-state index contributed by atoms with van der Waals surface area (Å²) in [4.78, 5) is 30.5. The topological polar surface area (TPSA) is 113 Å². The number of H-pyrrole nitrogens is 1. The molecule has 1 aromatic carbocycles. The Balaban J connectivity index is 1.68. The standard InChI is InChI=1S/C13H11N5O3/c1-7-4-11(18-21-7)17-13(20)12(19)16-8-2-3-9-10(5-8)15-6-14-9/h2-6H,1H3,(H,14,15)(H,16,19)(H,17,18,20). The highest BCUT2D eigenvalue weighted by atomic mass is 16.5. The van der Waals surface area contributed by atoms with Crippen LogP contribution >= 0.6 is 0 Å². The van der Waals surface area contributed by atoms with Crippen LogP contribution in [0.3, 0.4) is 0 Å². The Morgan fingerprint density at radius 1 is 1.19 bits per heavy atom. The second kappa shape index (κ2) is 5.08. The van der Waals surface area contributed by atoms with Gasteiger partial charge >= 0.3 is 11.8 Å². The third kappa shape index (κ3) is 2.73. The molecule has 0 fully saturated rings. The molecule has 106 valence electrons. The van der Waals surface area contributed by atoms with E-state index in [0.29, 0.717) is 11.4 Å². The molecule has 2 aromatic heterocycles. The van der Waals surface area contributed by atoms with Gasteiger partial charge in [-0.1, -0.05) is 5.16 Å². The van der Waals surface area contributed by atoms with Gasteiger partial charge in [0.25, 0.3) is 0 Å². The number of nitrogens with one attached hydrogen (secondary N) is 3. The van der Waals surface area contributed by atoms with Crippen molar-refractivity contribution >= 4 is 34.4 Å². The number of fused-ring (bicyclic) bond motifs is 1. The maximum Gasteiger partial charge on any atom is 0.315 e. The van der Waals surface area contributed by atoms with Crippen molar-refractivity contribution in [3.8, 4) is 0 Å². The lowest BCUT2D eigenvalue weighted by Crippen LogP contribution is -2.29. The fourth-order valence-corrected chi connectivity index (χ4v) is 1.80. The molecule has 0 saturated carbocycles. The van der Waals surface area contributed by atoms with E-state index in [2.05, 4.69) is 25.8 Å². The number of imidazole rings is 1. The smallest absolute Gasteiger partial charge is 0.315 e. The van der Waals surface area contributed by atoms with Crippen LogP contribution in [0.5, 0.6) is 0 Å². The number of anilines is 2. The highest BCUT2D eigenvalue weighted by molar-refractivity contribution is 6.43. The van der Waals surface area contributed by atoms with Gasteiger partial charge in [0.1, 0.15) is 5.76 Å². The molecule has 0 unspecified atom stereocenters. The number of rotatable bonds is 2. The van der Waals surface area contributed by atoms with E-state index in [4.69, 9.17) is 4.52 Å². The monoisotopic (exact) mass is 285 g/mol. The fourth-order valence-electron chi connectivity index (χ4n) is 1.80. The molecule has 21 heavy (non-hydrogen) atoms. The molecule has 0 aliphatic rings. The summed E-state index contributed by atoms with van der Waals surface area (Å²) in [5.41, 5.74) is 2.03. The SMILES string of the molecule is Cc1cc(NC(=O)C(=O)Nc2ccc3nc[nH]c3c2)no1. The third-order valence-corrected chi connectivity index (χ3v) is 2.75. The molecule has 0 bridgehead atoms. The van der Waals surface area contributed by atoms with Crippen LogP contribution in [0.1, 0.15) is 5.76 Å². The normalized spacial score (nSPS) is 10.5. The first-order valence-corrected chi connectivity index (χ1v) is 6.10. The molecule has 0 spiro atoms. The van der Waals surface area contributed by atoms with Gasteiger partial charge in [-0.25, -0.2) is 4.98 Å². The van der Waals surface area contributed by atoms with Gasteiger partial charge < -0.3 is 14.8 Å². The number of amides is 2. The first-order chi connectivity index (χ1) is 10.1. The number of aryl methyl sites for hydroxylation is 1. The number of aromatic amines is 1. The van der Waals surface area contributed by atoms with E-state index >= 15 is 0 Å². The average Bonchev–Trinajstić information content (AvgIpc) is 3.07. The lowest BCUT2D eigenvalue weighted by Gasteiger charge is -2.04. The molecule has 2 heterocycles. The van der Waals surface area contributed by atoms with E-state index in [1.807, 2.05) is 0 Å². The van der Waals surface area contributed by atoms with E-state index in [1.54, 1.807) is 31.5 Å². The van der Waals surface area contributed by atoms with Crippen molar-refractivity contribution in [1.29, 1.82) is 0 Å². The molecule has 8 nitrogen and oxygen atoms in total. The van der Waals surface area contributed by atoms with Crippen molar-refractivity contribution in [1.82, 2.24) is 15.1 Å². The molecule has 0 atom stereocenters. The Morgan fingerprint density at radius 3 is 2.76 bits per heavy atom. The van der Waals surface area contributed by atoms with Crippen molar-refractivity contribution in [2.24, 2.45) is 0 Å². The maximum absolute atomic E-state index is 11.8. The number of benzene rings is 1. The van der Waals surface area contributed by atoms with Crippen molar-refractivity contribution in [3.05, 3.63) is 36.4 Å². The molecular formula is C13H11N5O3. The van der Waals surface area contributed by atoms with E-state index in [0.717, 1.165) is 11.0 Å². The molecule has 0 aliphatic carbocycles. The van der Waals surface area contributed by atoms with Gasteiger partial charge in [-0.2, -0.15) is 0 Å².